The lowest BCUT2D eigenvalue weighted by Gasteiger charge is -2.37. The Bertz CT molecular complexity index is 1130. The number of hydrogen-bond donors (Lipinski definition) is 2. The Kier molecular flexibility index (Phi) is 7.63. The first-order chi connectivity index (χ1) is 18.1. The SMILES string of the molecule is C=CCOC(=O)N1CC(SC(c2ccccc2)(c2ccccc2)c2ccccc2)CC1C1CC(=O)NN1. The molecule has 0 aliphatic carbocycles. The van der Waals surface area contributed by atoms with Crippen LogP contribution in [0, 0.1) is 0 Å². The molecule has 2 fully saturated rings. The fraction of sp³-hybridized carbons (Fsp3) is 0.267. The molecule has 3 aromatic carbocycles. The minimum absolute atomic E-state index is 0.0623. The summed E-state index contributed by atoms with van der Waals surface area (Å²) in [5.74, 6) is -0.0623. The van der Waals surface area contributed by atoms with Gasteiger partial charge in [-0.3, -0.25) is 10.2 Å². The molecular weight excluding hydrogens is 482 g/mol. The quantitative estimate of drug-likeness (QED) is 0.332. The van der Waals surface area contributed by atoms with Crippen LogP contribution >= 0.6 is 11.8 Å². The van der Waals surface area contributed by atoms with Gasteiger partial charge in [-0.25, -0.2) is 10.2 Å². The number of ether oxygens (including phenoxy) is 1. The third-order valence-corrected chi connectivity index (χ3v) is 8.75. The Labute approximate surface area is 222 Å². The second-order valence-corrected chi connectivity index (χ2v) is 10.9. The molecular formula is C30H31N3O3S. The lowest BCUT2D eigenvalue weighted by Crippen LogP contribution is -2.48. The molecule has 2 heterocycles. The highest BCUT2D eigenvalue weighted by Crippen LogP contribution is 2.52. The maximum absolute atomic E-state index is 13.1. The number of thioether (sulfide) groups is 1. The smallest absolute Gasteiger partial charge is 0.410 e. The third kappa shape index (κ3) is 5.15. The molecule has 3 aromatic rings. The molecule has 3 atom stereocenters. The molecule has 0 saturated carbocycles. The summed E-state index contributed by atoms with van der Waals surface area (Å²) in [7, 11) is 0. The van der Waals surface area contributed by atoms with Crippen LogP contribution in [0.4, 0.5) is 4.79 Å². The second-order valence-electron chi connectivity index (χ2n) is 9.34. The van der Waals surface area contributed by atoms with Gasteiger partial charge in [-0.2, -0.15) is 0 Å². The Balaban J connectivity index is 1.55. The molecule has 2 aliphatic heterocycles. The first-order valence-corrected chi connectivity index (χ1v) is 13.4. The highest BCUT2D eigenvalue weighted by Gasteiger charge is 2.47. The van der Waals surface area contributed by atoms with Crippen LogP contribution in [0.15, 0.2) is 104 Å². The highest BCUT2D eigenvalue weighted by molar-refractivity contribution is 8.01. The first-order valence-electron chi connectivity index (χ1n) is 12.5. The van der Waals surface area contributed by atoms with Crippen LogP contribution in [0.3, 0.4) is 0 Å². The van der Waals surface area contributed by atoms with Gasteiger partial charge in [-0.05, 0) is 23.1 Å². The number of nitrogens with zero attached hydrogens (tertiary/aromatic N) is 1. The predicted molar refractivity (Wildman–Crippen MR) is 147 cm³/mol. The molecule has 2 amide bonds. The maximum atomic E-state index is 13.1. The van der Waals surface area contributed by atoms with Crippen molar-refractivity contribution >= 4 is 23.8 Å². The maximum Gasteiger partial charge on any atom is 0.410 e. The monoisotopic (exact) mass is 513 g/mol. The predicted octanol–water partition coefficient (Wildman–Crippen LogP) is 4.87. The van der Waals surface area contributed by atoms with E-state index in [1.165, 1.54) is 16.7 Å². The zero-order chi connectivity index (χ0) is 25.7. The number of rotatable bonds is 8. The molecule has 0 radical (unpaired) electrons. The molecule has 6 nitrogen and oxygen atoms in total. The van der Waals surface area contributed by atoms with Crippen molar-refractivity contribution in [2.24, 2.45) is 0 Å². The molecule has 190 valence electrons. The van der Waals surface area contributed by atoms with E-state index in [-0.39, 0.29) is 35.9 Å². The van der Waals surface area contributed by atoms with Gasteiger partial charge in [0.1, 0.15) is 6.61 Å². The number of nitrogens with one attached hydrogen (secondary N) is 2. The van der Waals surface area contributed by atoms with Crippen molar-refractivity contribution in [2.45, 2.75) is 34.9 Å². The summed E-state index contributed by atoms with van der Waals surface area (Å²) in [4.78, 5) is 26.9. The van der Waals surface area contributed by atoms with Crippen LogP contribution in [0.5, 0.6) is 0 Å². The van der Waals surface area contributed by atoms with Gasteiger partial charge in [-0.15, -0.1) is 11.8 Å². The number of benzene rings is 3. The van der Waals surface area contributed by atoms with Crippen molar-refractivity contribution in [2.75, 3.05) is 13.2 Å². The molecule has 0 spiro atoms. The van der Waals surface area contributed by atoms with Crippen LogP contribution in [0.25, 0.3) is 0 Å². The minimum Gasteiger partial charge on any atom is -0.445 e. The zero-order valence-corrected chi connectivity index (χ0v) is 21.4. The Morgan fingerprint density at radius 1 is 0.973 bits per heavy atom. The fourth-order valence-corrected chi connectivity index (χ4v) is 7.24. The molecule has 7 heteroatoms. The van der Waals surface area contributed by atoms with Crippen molar-refractivity contribution in [1.82, 2.24) is 15.8 Å². The van der Waals surface area contributed by atoms with Gasteiger partial charge in [0.2, 0.25) is 5.91 Å². The Morgan fingerprint density at radius 2 is 1.51 bits per heavy atom. The van der Waals surface area contributed by atoms with E-state index >= 15 is 0 Å². The molecule has 5 rings (SSSR count). The second kappa shape index (κ2) is 11.2. The molecule has 0 bridgehead atoms. The van der Waals surface area contributed by atoms with Gasteiger partial charge >= 0.3 is 6.09 Å². The van der Waals surface area contributed by atoms with Crippen molar-refractivity contribution in [3.8, 4) is 0 Å². The van der Waals surface area contributed by atoms with Gasteiger partial charge < -0.3 is 9.64 Å². The number of amides is 2. The third-order valence-electron chi connectivity index (χ3n) is 7.02. The standard InChI is InChI=1S/C30H31N3O3S/c1-2-18-36-29(35)33-21-25(19-27(33)26-20-28(34)32-31-26)37-30(22-12-6-3-7-13-22,23-14-8-4-9-15-23)24-16-10-5-11-17-24/h2-17,25-27,31H,1,18-21H2,(H,32,34). The van der Waals surface area contributed by atoms with E-state index in [9.17, 15) is 9.59 Å². The minimum atomic E-state index is -0.489. The van der Waals surface area contributed by atoms with E-state index in [1.807, 2.05) is 30.0 Å². The van der Waals surface area contributed by atoms with Gasteiger partial charge in [-0.1, -0.05) is 104 Å². The average Bonchev–Trinajstić information content (AvgIpc) is 3.58. The van der Waals surface area contributed by atoms with Crippen molar-refractivity contribution < 1.29 is 14.3 Å². The molecule has 0 aromatic heterocycles. The van der Waals surface area contributed by atoms with E-state index in [4.69, 9.17) is 4.74 Å². The van der Waals surface area contributed by atoms with Crippen LogP contribution in [-0.2, 0) is 14.3 Å². The summed E-state index contributed by atoms with van der Waals surface area (Å²) in [6.07, 6.45) is 2.25. The van der Waals surface area contributed by atoms with Gasteiger partial charge in [0.05, 0.1) is 16.8 Å². The van der Waals surface area contributed by atoms with Crippen LogP contribution in [-0.4, -0.2) is 47.4 Å². The van der Waals surface area contributed by atoms with E-state index in [0.29, 0.717) is 13.0 Å². The van der Waals surface area contributed by atoms with Gasteiger partial charge in [0, 0.05) is 18.2 Å². The van der Waals surface area contributed by atoms with Crippen LogP contribution in [0.1, 0.15) is 29.5 Å². The number of carbonyl (C=O) groups excluding carboxylic acids is 2. The van der Waals surface area contributed by atoms with Crippen molar-refractivity contribution in [3.05, 3.63) is 120 Å². The van der Waals surface area contributed by atoms with Crippen molar-refractivity contribution in [1.29, 1.82) is 0 Å². The van der Waals surface area contributed by atoms with E-state index in [0.717, 1.165) is 6.42 Å². The summed E-state index contributed by atoms with van der Waals surface area (Å²) in [5, 5.41) is 0.0967. The zero-order valence-electron chi connectivity index (χ0n) is 20.6. The number of likely N-dealkylation sites (tertiary alicyclic amines) is 1. The lowest BCUT2D eigenvalue weighted by atomic mass is 9.84. The highest BCUT2D eigenvalue weighted by atomic mass is 32.2. The van der Waals surface area contributed by atoms with E-state index in [2.05, 4.69) is 90.2 Å². The van der Waals surface area contributed by atoms with Gasteiger partial charge in [0.25, 0.3) is 0 Å². The summed E-state index contributed by atoms with van der Waals surface area (Å²) in [6.45, 7) is 4.33. The molecule has 2 aliphatic rings. The summed E-state index contributed by atoms with van der Waals surface area (Å²) in [6, 6.07) is 31.3. The molecule has 2 saturated heterocycles. The largest absolute Gasteiger partial charge is 0.445 e. The van der Waals surface area contributed by atoms with E-state index < -0.39 is 4.75 Å². The number of hydrazine groups is 1. The topological polar surface area (TPSA) is 70.7 Å². The molecule has 2 N–H and O–H groups in total. The van der Waals surface area contributed by atoms with Crippen LogP contribution in [0.2, 0.25) is 0 Å². The lowest BCUT2D eigenvalue weighted by molar-refractivity contribution is -0.119. The van der Waals surface area contributed by atoms with Gasteiger partial charge in [0.15, 0.2) is 0 Å². The summed E-state index contributed by atoms with van der Waals surface area (Å²) >= 11 is 1.86. The number of carbonyl (C=O) groups is 2. The number of hydrogen-bond acceptors (Lipinski definition) is 5. The average molecular weight is 514 g/mol. The summed E-state index contributed by atoms with van der Waals surface area (Å²) < 4.78 is 4.96. The van der Waals surface area contributed by atoms with Crippen molar-refractivity contribution in [3.63, 3.8) is 0 Å². The normalized spacial score (nSPS) is 21.5. The van der Waals surface area contributed by atoms with Crippen LogP contribution < -0.4 is 10.9 Å². The first kappa shape index (κ1) is 25.1. The molecule has 37 heavy (non-hydrogen) atoms. The summed E-state index contributed by atoms with van der Waals surface area (Å²) in [5.41, 5.74) is 9.32. The fourth-order valence-electron chi connectivity index (χ4n) is 5.40. The molecule has 3 unspecified atom stereocenters. The Morgan fingerprint density at radius 3 is 1.97 bits per heavy atom. The van der Waals surface area contributed by atoms with E-state index in [1.54, 1.807) is 11.0 Å². The Hall–Kier alpha value is -3.55.